The number of rotatable bonds is 3. The fourth-order valence-electron chi connectivity index (χ4n) is 1.25. The Labute approximate surface area is 86.1 Å². The largest absolute Gasteiger partial charge is 0.314 e. The first-order valence-corrected chi connectivity index (χ1v) is 5.26. The van der Waals surface area contributed by atoms with Crippen LogP contribution < -0.4 is 5.32 Å². The Bertz CT molecular complexity index is 310. The van der Waals surface area contributed by atoms with E-state index in [1.54, 1.807) is 0 Å². The molecule has 0 aliphatic heterocycles. The second-order valence-electron chi connectivity index (χ2n) is 3.33. The van der Waals surface area contributed by atoms with Gasteiger partial charge in [-0.25, -0.2) is 9.97 Å². The van der Waals surface area contributed by atoms with Crippen LogP contribution in [-0.2, 0) is 6.54 Å². The van der Waals surface area contributed by atoms with Crippen molar-refractivity contribution in [2.75, 3.05) is 7.05 Å². The first-order chi connectivity index (χ1) is 6.31. The Morgan fingerprint density at radius 2 is 2.38 bits per heavy atom. The van der Waals surface area contributed by atoms with E-state index in [-0.39, 0.29) is 0 Å². The molecule has 1 saturated carbocycles. The molecule has 0 spiro atoms. The molecule has 0 saturated heterocycles. The van der Waals surface area contributed by atoms with Gasteiger partial charge in [0.25, 0.3) is 0 Å². The van der Waals surface area contributed by atoms with Crippen LogP contribution in [0.15, 0.2) is 10.7 Å². The van der Waals surface area contributed by atoms with Gasteiger partial charge in [-0.15, -0.1) is 0 Å². The third-order valence-electron chi connectivity index (χ3n) is 2.12. The van der Waals surface area contributed by atoms with Crippen LogP contribution in [0.1, 0.15) is 30.3 Å². The molecule has 1 heterocycles. The topological polar surface area (TPSA) is 37.8 Å². The van der Waals surface area contributed by atoms with E-state index in [1.807, 2.05) is 13.2 Å². The molecule has 70 valence electrons. The van der Waals surface area contributed by atoms with Crippen LogP contribution in [0.2, 0.25) is 0 Å². The van der Waals surface area contributed by atoms with E-state index in [4.69, 9.17) is 0 Å². The average molecular weight is 242 g/mol. The molecule has 0 radical (unpaired) electrons. The van der Waals surface area contributed by atoms with E-state index in [9.17, 15) is 0 Å². The molecule has 4 heteroatoms. The number of nitrogens with zero attached hydrogens (tertiary/aromatic N) is 2. The van der Waals surface area contributed by atoms with Gasteiger partial charge in [-0.05, 0) is 35.8 Å². The molecule has 0 atom stereocenters. The molecule has 2 rings (SSSR count). The second-order valence-corrected chi connectivity index (χ2v) is 4.18. The first kappa shape index (κ1) is 9.09. The van der Waals surface area contributed by atoms with Gasteiger partial charge in [0, 0.05) is 18.7 Å². The van der Waals surface area contributed by atoms with Crippen LogP contribution in [0.25, 0.3) is 0 Å². The van der Waals surface area contributed by atoms with Gasteiger partial charge in [0.05, 0.1) is 10.2 Å². The van der Waals surface area contributed by atoms with Gasteiger partial charge < -0.3 is 5.32 Å². The molecule has 1 fully saturated rings. The van der Waals surface area contributed by atoms with Crippen LogP contribution in [-0.4, -0.2) is 17.0 Å². The van der Waals surface area contributed by atoms with Crippen molar-refractivity contribution in [3.05, 3.63) is 22.2 Å². The number of hydrogen-bond donors (Lipinski definition) is 1. The molecule has 0 bridgehead atoms. The van der Waals surface area contributed by atoms with Crippen LogP contribution in [0.5, 0.6) is 0 Å². The van der Waals surface area contributed by atoms with E-state index in [0.717, 1.165) is 22.5 Å². The highest BCUT2D eigenvalue weighted by Crippen LogP contribution is 2.38. The highest BCUT2D eigenvalue weighted by Gasteiger charge is 2.26. The van der Waals surface area contributed by atoms with E-state index >= 15 is 0 Å². The van der Waals surface area contributed by atoms with Crippen molar-refractivity contribution in [2.45, 2.75) is 25.3 Å². The molecule has 0 aromatic carbocycles. The molecule has 0 unspecified atom stereocenters. The van der Waals surface area contributed by atoms with Crippen LogP contribution in [0.3, 0.4) is 0 Å². The minimum Gasteiger partial charge on any atom is -0.314 e. The SMILES string of the molecule is CNCc1nc(C2CC2)ncc1Br. The van der Waals surface area contributed by atoms with Gasteiger partial charge in [0.2, 0.25) is 0 Å². The van der Waals surface area contributed by atoms with Gasteiger partial charge in [-0.2, -0.15) is 0 Å². The molecule has 1 aliphatic rings. The first-order valence-electron chi connectivity index (χ1n) is 4.47. The fraction of sp³-hybridized carbons (Fsp3) is 0.556. The van der Waals surface area contributed by atoms with Crippen molar-refractivity contribution < 1.29 is 0 Å². The van der Waals surface area contributed by atoms with Gasteiger partial charge >= 0.3 is 0 Å². The summed E-state index contributed by atoms with van der Waals surface area (Å²) < 4.78 is 0.992. The summed E-state index contributed by atoms with van der Waals surface area (Å²) in [6.45, 7) is 0.794. The Hall–Kier alpha value is -0.480. The quantitative estimate of drug-likeness (QED) is 0.878. The summed E-state index contributed by atoms with van der Waals surface area (Å²) in [5.41, 5.74) is 1.06. The summed E-state index contributed by atoms with van der Waals surface area (Å²) in [7, 11) is 1.92. The molecule has 0 amide bonds. The van der Waals surface area contributed by atoms with Gasteiger partial charge in [-0.3, -0.25) is 0 Å². The maximum Gasteiger partial charge on any atom is 0.131 e. The van der Waals surface area contributed by atoms with Gasteiger partial charge in [-0.1, -0.05) is 0 Å². The summed E-state index contributed by atoms with van der Waals surface area (Å²) >= 11 is 3.44. The van der Waals surface area contributed by atoms with Crippen molar-refractivity contribution in [1.29, 1.82) is 0 Å². The minimum atomic E-state index is 0.628. The maximum atomic E-state index is 4.50. The predicted molar refractivity (Wildman–Crippen MR) is 54.5 cm³/mol. The molecule has 3 nitrogen and oxygen atoms in total. The number of nitrogens with one attached hydrogen (secondary N) is 1. The lowest BCUT2D eigenvalue weighted by Gasteiger charge is -2.04. The maximum absolute atomic E-state index is 4.50. The smallest absolute Gasteiger partial charge is 0.131 e. The average Bonchev–Trinajstić information content (AvgIpc) is 2.92. The Kier molecular flexibility index (Phi) is 2.60. The van der Waals surface area contributed by atoms with E-state index in [1.165, 1.54) is 12.8 Å². The van der Waals surface area contributed by atoms with Gasteiger partial charge in [0.15, 0.2) is 0 Å². The van der Waals surface area contributed by atoms with Crippen molar-refractivity contribution in [2.24, 2.45) is 0 Å². The van der Waals surface area contributed by atoms with Crippen LogP contribution >= 0.6 is 15.9 Å². The highest BCUT2D eigenvalue weighted by atomic mass is 79.9. The summed E-state index contributed by atoms with van der Waals surface area (Å²) in [6, 6.07) is 0. The third-order valence-corrected chi connectivity index (χ3v) is 2.78. The third kappa shape index (κ3) is 2.06. The zero-order valence-electron chi connectivity index (χ0n) is 7.55. The van der Waals surface area contributed by atoms with E-state index < -0.39 is 0 Å². The number of aromatic nitrogens is 2. The summed E-state index contributed by atoms with van der Waals surface area (Å²) in [4.78, 5) is 8.80. The highest BCUT2D eigenvalue weighted by molar-refractivity contribution is 9.10. The van der Waals surface area contributed by atoms with Crippen molar-refractivity contribution in [3.8, 4) is 0 Å². The van der Waals surface area contributed by atoms with Crippen LogP contribution in [0, 0.1) is 0 Å². The molecule has 1 aromatic heterocycles. The lowest BCUT2D eigenvalue weighted by molar-refractivity contribution is 0.761. The van der Waals surface area contributed by atoms with Crippen molar-refractivity contribution in [3.63, 3.8) is 0 Å². The van der Waals surface area contributed by atoms with Crippen LogP contribution in [0.4, 0.5) is 0 Å². The Balaban J connectivity index is 2.25. The second kappa shape index (κ2) is 3.72. The normalized spacial score (nSPS) is 16.2. The van der Waals surface area contributed by atoms with E-state index in [2.05, 4.69) is 31.2 Å². The molecule has 1 aliphatic carbocycles. The minimum absolute atomic E-state index is 0.628. The summed E-state index contributed by atoms with van der Waals surface area (Å²) in [5, 5.41) is 3.09. The molecule has 13 heavy (non-hydrogen) atoms. The zero-order chi connectivity index (χ0) is 9.26. The Morgan fingerprint density at radius 3 is 3.00 bits per heavy atom. The molecular formula is C9H12BrN3. The number of halogens is 1. The van der Waals surface area contributed by atoms with E-state index in [0.29, 0.717) is 5.92 Å². The van der Waals surface area contributed by atoms with Crippen molar-refractivity contribution >= 4 is 15.9 Å². The molecule has 1 aromatic rings. The summed E-state index contributed by atoms with van der Waals surface area (Å²) in [5.74, 6) is 1.64. The molecule has 1 N–H and O–H groups in total. The fourth-order valence-corrected chi connectivity index (χ4v) is 1.58. The summed E-state index contributed by atoms with van der Waals surface area (Å²) in [6.07, 6.45) is 4.36. The molecular weight excluding hydrogens is 230 g/mol. The predicted octanol–water partition coefficient (Wildman–Crippen LogP) is 1.84. The monoisotopic (exact) mass is 241 g/mol. The Morgan fingerprint density at radius 1 is 1.62 bits per heavy atom. The number of hydrogen-bond acceptors (Lipinski definition) is 3. The van der Waals surface area contributed by atoms with Crippen molar-refractivity contribution in [1.82, 2.24) is 15.3 Å². The lowest BCUT2D eigenvalue weighted by Crippen LogP contribution is -2.09. The zero-order valence-corrected chi connectivity index (χ0v) is 9.13. The standard InChI is InChI=1S/C9H12BrN3/c1-11-5-8-7(10)4-12-9(13-8)6-2-3-6/h4,6,11H,2-3,5H2,1H3. The lowest BCUT2D eigenvalue weighted by atomic mass is 10.3. The van der Waals surface area contributed by atoms with Gasteiger partial charge in [0.1, 0.15) is 5.82 Å².